The van der Waals surface area contributed by atoms with E-state index in [4.69, 9.17) is 5.11 Å². The molecule has 0 heterocycles. The predicted octanol–water partition coefficient (Wildman–Crippen LogP) is 2.38. The van der Waals surface area contributed by atoms with Crippen LogP contribution in [-0.2, 0) is 24.6 Å². The summed E-state index contributed by atoms with van der Waals surface area (Å²) in [6.45, 7) is 0. The summed E-state index contributed by atoms with van der Waals surface area (Å²) in [5, 5.41) is 8.32. The van der Waals surface area contributed by atoms with E-state index < -0.39 is 5.97 Å². The normalized spacial score (nSPS) is 9.82. The molecule has 0 amide bonds. The summed E-state index contributed by atoms with van der Waals surface area (Å²) < 4.78 is 0. The van der Waals surface area contributed by atoms with Crippen molar-refractivity contribution in [1.29, 1.82) is 0 Å². The molecule has 0 radical (unpaired) electrons. The van der Waals surface area contributed by atoms with Crippen LogP contribution in [0.5, 0.6) is 0 Å². The van der Waals surface area contributed by atoms with Crippen molar-refractivity contribution < 1.29 is 29.7 Å². The van der Waals surface area contributed by atoms with E-state index in [9.17, 15) is 4.79 Å². The van der Waals surface area contributed by atoms with Crippen LogP contribution in [0.25, 0.3) is 0 Å². The van der Waals surface area contributed by atoms with Gasteiger partial charge in [0.15, 0.2) is 0 Å². The molecule has 3 heteroatoms. The quantitative estimate of drug-likeness (QED) is 0.547. The first-order valence-corrected chi connectivity index (χ1v) is 5.49. The van der Waals surface area contributed by atoms with Gasteiger partial charge in [-0.2, -0.15) is 0 Å². The minimum absolute atomic E-state index is 0.340. The Balaban J connectivity index is 2.85. The fourth-order valence-electron chi connectivity index (χ4n) is 0.909. The molecule has 0 unspecified atom stereocenters. The third-order valence-electron chi connectivity index (χ3n) is 1.53. The Bertz CT molecular complexity index is 104. The number of carboxylic acids is 1. The second-order valence-corrected chi connectivity index (χ2v) is 3.62. The van der Waals surface area contributed by atoms with E-state index in [-0.39, 0.29) is 0 Å². The number of carbonyl (C=O) groups is 1. The van der Waals surface area contributed by atoms with Gasteiger partial charge in [-0.15, -0.1) is 0 Å². The van der Waals surface area contributed by atoms with E-state index in [1.165, 1.54) is 24.1 Å². The second-order valence-electron chi connectivity index (χ2n) is 2.62. The Labute approximate surface area is 79.3 Å². The Hall–Kier alpha value is 0.158. The zero-order valence-electron chi connectivity index (χ0n) is 6.71. The molecular formula is C8H15MoO2. The van der Waals surface area contributed by atoms with E-state index in [0.717, 1.165) is 12.8 Å². The van der Waals surface area contributed by atoms with Crippen molar-refractivity contribution in [3.8, 4) is 0 Å². The number of hydrogen-bond acceptors (Lipinski definition) is 1. The maximum absolute atomic E-state index is 10.1. The van der Waals surface area contributed by atoms with Crippen LogP contribution in [0.2, 0.25) is 4.81 Å². The summed E-state index contributed by atoms with van der Waals surface area (Å²) in [7, 11) is 0. The van der Waals surface area contributed by atoms with E-state index >= 15 is 0 Å². The zero-order valence-corrected chi connectivity index (χ0v) is 8.72. The van der Waals surface area contributed by atoms with Crippen molar-refractivity contribution >= 4 is 5.97 Å². The molecule has 2 nitrogen and oxygen atoms in total. The number of aliphatic carboxylic acids is 1. The first-order chi connectivity index (χ1) is 5.27. The van der Waals surface area contributed by atoms with E-state index in [1.54, 1.807) is 0 Å². The average molecular weight is 239 g/mol. The van der Waals surface area contributed by atoms with Crippen LogP contribution in [0.15, 0.2) is 0 Å². The standard InChI is InChI=1S/C8H15O2.Mo/c1-2-3-4-5-6-7-8(9)10;/h1-7H2,(H,9,10);. The molecule has 1 N–H and O–H groups in total. The van der Waals surface area contributed by atoms with Crippen LogP contribution < -0.4 is 0 Å². The molecule has 0 aromatic heterocycles. The predicted molar refractivity (Wildman–Crippen MR) is 40.1 cm³/mol. The third-order valence-corrected chi connectivity index (χ3v) is 2.24. The van der Waals surface area contributed by atoms with Gasteiger partial charge in [-0.05, 0) is 0 Å². The fraction of sp³-hybridized carbons (Fsp3) is 0.875. The van der Waals surface area contributed by atoms with Gasteiger partial charge in [-0.1, -0.05) is 0 Å². The molecule has 0 aliphatic heterocycles. The van der Waals surface area contributed by atoms with E-state index in [2.05, 4.69) is 19.8 Å². The summed E-state index contributed by atoms with van der Waals surface area (Å²) in [5.41, 5.74) is 0. The van der Waals surface area contributed by atoms with Gasteiger partial charge in [0.05, 0.1) is 0 Å². The average Bonchev–Trinajstić information content (AvgIpc) is 1.96. The van der Waals surface area contributed by atoms with Crippen LogP contribution in [0, 0.1) is 0 Å². The molecule has 0 aromatic carbocycles. The zero-order chi connectivity index (χ0) is 8.53. The molecule has 0 aliphatic rings. The van der Waals surface area contributed by atoms with Crippen molar-refractivity contribution in [2.24, 2.45) is 0 Å². The Morgan fingerprint density at radius 1 is 1.09 bits per heavy atom. The molecule has 0 aliphatic carbocycles. The van der Waals surface area contributed by atoms with Crippen molar-refractivity contribution in [3.63, 3.8) is 0 Å². The molecule has 0 fully saturated rings. The van der Waals surface area contributed by atoms with E-state index in [0.29, 0.717) is 6.42 Å². The van der Waals surface area contributed by atoms with Gasteiger partial charge in [0.1, 0.15) is 0 Å². The van der Waals surface area contributed by atoms with Gasteiger partial charge in [0, 0.05) is 0 Å². The number of hydrogen-bond donors (Lipinski definition) is 1. The molecule has 65 valence electrons. The fourth-order valence-corrected chi connectivity index (χ4v) is 1.41. The number of rotatable bonds is 7. The number of carboxylic acid groups (broad SMARTS) is 1. The van der Waals surface area contributed by atoms with Crippen LogP contribution in [0.3, 0.4) is 0 Å². The molecule has 0 spiro atoms. The van der Waals surface area contributed by atoms with Crippen LogP contribution in [-0.4, -0.2) is 11.1 Å². The molecule has 0 atom stereocenters. The molecule has 0 saturated heterocycles. The Morgan fingerprint density at radius 3 is 2.18 bits per heavy atom. The number of unbranched alkanes of at least 4 members (excludes halogenated alkanes) is 4. The van der Waals surface area contributed by atoms with Crippen LogP contribution in [0.4, 0.5) is 0 Å². The molecule has 0 saturated carbocycles. The topological polar surface area (TPSA) is 37.3 Å². The van der Waals surface area contributed by atoms with Crippen molar-refractivity contribution in [2.45, 2.75) is 43.3 Å². The summed E-state index contributed by atoms with van der Waals surface area (Å²) >= 11 is 2.12. The van der Waals surface area contributed by atoms with Gasteiger partial charge in [-0.3, -0.25) is 0 Å². The van der Waals surface area contributed by atoms with Gasteiger partial charge in [-0.25, -0.2) is 0 Å². The van der Waals surface area contributed by atoms with Gasteiger partial charge in [0.2, 0.25) is 0 Å². The molecule has 0 rings (SSSR count). The summed E-state index contributed by atoms with van der Waals surface area (Å²) in [4.78, 5) is 11.3. The van der Waals surface area contributed by atoms with Crippen molar-refractivity contribution in [1.82, 2.24) is 0 Å². The first-order valence-electron chi connectivity index (χ1n) is 4.07. The Kier molecular flexibility index (Phi) is 8.38. The maximum atomic E-state index is 10.1. The van der Waals surface area contributed by atoms with Gasteiger partial charge >= 0.3 is 79.0 Å². The second kappa shape index (κ2) is 8.26. The molecular weight excluding hydrogens is 224 g/mol. The minimum atomic E-state index is -0.666. The van der Waals surface area contributed by atoms with Crippen molar-refractivity contribution in [2.75, 3.05) is 0 Å². The molecule has 0 aromatic rings. The summed E-state index contributed by atoms with van der Waals surface area (Å²) in [5.74, 6) is -0.666. The monoisotopic (exact) mass is 241 g/mol. The Morgan fingerprint density at radius 2 is 1.64 bits per heavy atom. The van der Waals surface area contributed by atoms with Crippen molar-refractivity contribution in [3.05, 3.63) is 0 Å². The molecule has 0 bridgehead atoms. The summed E-state index contributed by atoms with van der Waals surface area (Å²) in [6, 6.07) is 0. The molecule has 11 heavy (non-hydrogen) atoms. The summed E-state index contributed by atoms with van der Waals surface area (Å²) in [6.07, 6.45) is 6.01. The first kappa shape index (κ1) is 11.2. The van der Waals surface area contributed by atoms with Crippen LogP contribution in [0.1, 0.15) is 38.5 Å². The van der Waals surface area contributed by atoms with Gasteiger partial charge < -0.3 is 0 Å². The third kappa shape index (κ3) is 10.2. The SMILES string of the molecule is O=C(O)CCCCCC[CH2][Mo]. The van der Waals surface area contributed by atoms with E-state index in [1.807, 2.05) is 0 Å². The van der Waals surface area contributed by atoms with Gasteiger partial charge in [0.25, 0.3) is 0 Å². The van der Waals surface area contributed by atoms with Crippen LogP contribution >= 0.6 is 0 Å².